The Kier molecular flexibility index (Phi) is 3.62. The summed E-state index contributed by atoms with van der Waals surface area (Å²) in [5, 5.41) is 0. The maximum Gasteiger partial charge on any atom is 0.226 e. The Bertz CT molecular complexity index is 224. The molecular formula is C12H22N2O. The van der Waals surface area contributed by atoms with Crippen LogP contribution in [0.3, 0.4) is 0 Å². The summed E-state index contributed by atoms with van der Waals surface area (Å²) < 4.78 is 0. The van der Waals surface area contributed by atoms with Crippen molar-refractivity contribution in [2.45, 2.75) is 32.1 Å². The predicted octanol–water partition coefficient (Wildman–Crippen LogP) is 1.34. The average molecular weight is 210 g/mol. The van der Waals surface area contributed by atoms with Crippen molar-refractivity contribution in [1.82, 2.24) is 9.80 Å². The number of hydrogen-bond donors (Lipinski definition) is 0. The number of hydrogen-bond acceptors (Lipinski definition) is 2. The minimum absolute atomic E-state index is 0.279. The molecule has 86 valence electrons. The van der Waals surface area contributed by atoms with Crippen LogP contribution < -0.4 is 0 Å². The molecule has 3 heteroatoms. The Labute approximate surface area is 92.4 Å². The molecule has 0 aromatic carbocycles. The van der Waals surface area contributed by atoms with Gasteiger partial charge in [-0.25, -0.2) is 0 Å². The van der Waals surface area contributed by atoms with Gasteiger partial charge in [0.15, 0.2) is 0 Å². The fraction of sp³-hybridized carbons (Fsp3) is 0.917. The van der Waals surface area contributed by atoms with Gasteiger partial charge in [0.05, 0.1) is 5.92 Å². The third-order valence-corrected chi connectivity index (χ3v) is 3.64. The van der Waals surface area contributed by atoms with E-state index in [9.17, 15) is 4.79 Å². The van der Waals surface area contributed by atoms with Crippen LogP contribution in [0.4, 0.5) is 0 Å². The van der Waals surface area contributed by atoms with Crippen LogP contribution in [0.5, 0.6) is 0 Å². The zero-order valence-electron chi connectivity index (χ0n) is 9.74. The summed E-state index contributed by atoms with van der Waals surface area (Å²) >= 11 is 0. The van der Waals surface area contributed by atoms with Gasteiger partial charge in [0, 0.05) is 19.6 Å². The summed E-state index contributed by atoms with van der Waals surface area (Å²) in [5.41, 5.74) is 0. The van der Waals surface area contributed by atoms with E-state index in [0.717, 1.165) is 32.6 Å². The third-order valence-electron chi connectivity index (χ3n) is 3.64. The molecule has 2 aliphatic rings. The first-order valence-electron chi connectivity index (χ1n) is 6.25. The largest absolute Gasteiger partial charge is 0.342 e. The quantitative estimate of drug-likeness (QED) is 0.652. The molecule has 2 aliphatic heterocycles. The van der Waals surface area contributed by atoms with E-state index in [1.807, 2.05) is 0 Å². The first kappa shape index (κ1) is 10.9. The van der Waals surface area contributed by atoms with Gasteiger partial charge in [-0.3, -0.25) is 4.79 Å². The van der Waals surface area contributed by atoms with Crippen molar-refractivity contribution in [1.29, 1.82) is 0 Å². The highest BCUT2D eigenvalue weighted by atomic mass is 16.2. The van der Waals surface area contributed by atoms with Gasteiger partial charge in [-0.05, 0) is 45.7 Å². The van der Waals surface area contributed by atoms with Crippen molar-refractivity contribution in [2.75, 3.05) is 33.2 Å². The van der Waals surface area contributed by atoms with Gasteiger partial charge in [-0.15, -0.1) is 0 Å². The summed E-state index contributed by atoms with van der Waals surface area (Å²) in [4.78, 5) is 16.6. The molecule has 0 N–H and O–H groups in total. The van der Waals surface area contributed by atoms with Crippen LogP contribution in [-0.4, -0.2) is 48.9 Å². The highest BCUT2D eigenvalue weighted by molar-refractivity contribution is 5.79. The molecule has 15 heavy (non-hydrogen) atoms. The van der Waals surface area contributed by atoms with Crippen LogP contribution in [0, 0.1) is 5.92 Å². The number of carbonyl (C=O) groups excluding carboxylic acids is 1. The molecular weight excluding hydrogens is 188 g/mol. The van der Waals surface area contributed by atoms with Crippen molar-refractivity contribution in [3.8, 4) is 0 Å². The molecule has 2 heterocycles. The Morgan fingerprint density at radius 3 is 2.47 bits per heavy atom. The number of carbonyl (C=O) groups is 1. The summed E-state index contributed by atoms with van der Waals surface area (Å²) in [5.74, 6) is 0.697. The summed E-state index contributed by atoms with van der Waals surface area (Å²) in [6.07, 6.45) is 5.98. The molecule has 0 unspecified atom stereocenters. The molecule has 0 bridgehead atoms. The van der Waals surface area contributed by atoms with Crippen LogP contribution in [-0.2, 0) is 4.79 Å². The van der Waals surface area contributed by atoms with Crippen molar-refractivity contribution in [3.63, 3.8) is 0 Å². The number of amides is 1. The Morgan fingerprint density at radius 2 is 1.80 bits per heavy atom. The standard InChI is InChI=1S/C12H22N2O/c1-13-7-5-6-11(10-13)12(15)14-8-3-2-4-9-14/h11H,2-10H2,1H3/t11-/m0/s1. The number of rotatable bonds is 1. The topological polar surface area (TPSA) is 23.6 Å². The number of likely N-dealkylation sites (tertiary alicyclic amines) is 2. The monoisotopic (exact) mass is 210 g/mol. The molecule has 2 saturated heterocycles. The Balaban J connectivity index is 1.88. The first-order valence-corrected chi connectivity index (χ1v) is 6.25. The summed E-state index contributed by atoms with van der Waals surface area (Å²) in [6, 6.07) is 0. The minimum atomic E-state index is 0.279. The lowest BCUT2D eigenvalue weighted by molar-refractivity contribution is -0.138. The SMILES string of the molecule is CN1CCC[C@H](C(=O)N2CCCCC2)C1. The highest BCUT2D eigenvalue weighted by Crippen LogP contribution is 2.20. The second kappa shape index (κ2) is 4.97. The van der Waals surface area contributed by atoms with E-state index in [1.54, 1.807) is 0 Å². The van der Waals surface area contributed by atoms with Crippen molar-refractivity contribution < 1.29 is 4.79 Å². The smallest absolute Gasteiger partial charge is 0.226 e. The van der Waals surface area contributed by atoms with E-state index in [4.69, 9.17) is 0 Å². The van der Waals surface area contributed by atoms with Gasteiger partial charge in [-0.1, -0.05) is 0 Å². The second-order valence-corrected chi connectivity index (χ2v) is 4.99. The normalized spacial score (nSPS) is 29.1. The van der Waals surface area contributed by atoms with Crippen molar-refractivity contribution in [3.05, 3.63) is 0 Å². The molecule has 2 rings (SSSR count). The van der Waals surface area contributed by atoms with Crippen LogP contribution in [0.15, 0.2) is 0 Å². The van der Waals surface area contributed by atoms with E-state index < -0.39 is 0 Å². The molecule has 3 nitrogen and oxygen atoms in total. The van der Waals surface area contributed by atoms with Crippen molar-refractivity contribution in [2.24, 2.45) is 5.92 Å². The summed E-state index contributed by atoms with van der Waals surface area (Å²) in [6.45, 7) is 4.12. The van der Waals surface area contributed by atoms with Crippen molar-refractivity contribution >= 4 is 5.91 Å². The molecule has 0 aliphatic carbocycles. The van der Waals surface area contributed by atoms with Crippen LogP contribution in [0.1, 0.15) is 32.1 Å². The van der Waals surface area contributed by atoms with E-state index >= 15 is 0 Å². The van der Waals surface area contributed by atoms with E-state index in [2.05, 4.69) is 16.8 Å². The van der Waals surface area contributed by atoms with Crippen LogP contribution in [0.2, 0.25) is 0 Å². The fourth-order valence-corrected chi connectivity index (χ4v) is 2.74. The number of nitrogens with zero attached hydrogens (tertiary/aromatic N) is 2. The maximum absolute atomic E-state index is 12.2. The van der Waals surface area contributed by atoms with Gasteiger partial charge in [0.1, 0.15) is 0 Å². The minimum Gasteiger partial charge on any atom is -0.342 e. The van der Waals surface area contributed by atoms with Crippen LogP contribution in [0.25, 0.3) is 0 Å². The highest BCUT2D eigenvalue weighted by Gasteiger charge is 2.28. The fourth-order valence-electron chi connectivity index (χ4n) is 2.74. The lowest BCUT2D eigenvalue weighted by Gasteiger charge is -2.34. The maximum atomic E-state index is 12.2. The van der Waals surface area contributed by atoms with E-state index in [0.29, 0.717) is 5.91 Å². The molecule has 2 fully saturated rings. The first-order chi connectivity index (χ1) is 7.27. The molecule has 0 spiro atoms. The van der Waals surface area contributed by atoms with E-state index in [1.165, 1.54) is 25.7 Å². The molecule has 0 saturated carbocycles. The van der Waals surface area contributed by atoms with Crippen LogP contribution >= 0.6 is 0 Å². The van der Waals surface area contributed by atoms with Gasteiger partial charge in [0.2, 0.25) is 5.91 Å². The van der Waals surface area contributed by atoms with Gasteiger partial charge >= 0.3 is 0 Å². The molecule has 1 amide bonds. The lowest BCUT2D eigenvalue weighted by Crippen LogP contribution is -2.45. The molecule has 1 atom stereocenters. The zero-order chi connectivity index (χ0) is 10.7. The van der Waals surface area contributed by atoms with Gasteiger partial charge in [0.25, 0.3) is 0 Å². The van der Waals surface area contributed by atoms with E-state index in [-0.39, 0.29) is 5.92 Å². The Hall–Kier alpha value is -0.570. The lowest BCUT2D eigenvalue weighted by atomic mass is 9.96. The predicted molar refractivity (Wildman–Crippen MR) is 60.7 cm³/mol. The average Bonchev–Trinajstić information content (AvgIpc) is 2.29. The number of piperidine rings is 2. The molecule has 0 aromatic heterocycles. The molecule has 0 radical (unpaired) electrons. The molecule has 0 aromatic rings. The second-order valence-electron chi connectivity index (χ2n) is 4.99. The van der Waals surface area contributed by atoms with Gasteiger partial charge in [-0.2, -0.15) is 0 Å². The summed E-state index contributed by atoms with van der Waals surface area (Å²) in [7, 11) is 2.12. The Morgan fingerprint density at radius 1 is 1.07 bits per heavy atom. The zero-order valence-corrected chi connectivity index (χ0v) is 9.74. The van der Waals surface area contributed by atoms with Gasteiger partial charge < -0.3 is 9.80 Å². The third kappa shape index (κ3) is 2.71.